The predicted molar refractivity (Wildman–Crippen MR) is 176 cm³/mol. The molecule has 0 saturated carbocycles. The van der Waals surface area contributed by atoms with Crippen molar-refractivity contribution in [3.8, 4) is 0 Å². The molecule has 0 aliphatic rings. The molecule has 1 nitrogen and oxygen atoms in total. The Bertz CT molecular complexity index is 381. The van der Waals surface area contributed by atoms with Crippen LogP contribution in [0.4, 0.5) is 0 Å². The van der Waals surface area contributed by atoms with Crippen LogP contribution in [0.5, 0.6) is 0 Å². The van der Waals surface area contributed by atoms with E-state index in [2.05, 4.69) is 39.5 Å². The van der Waals surface area contributed by atoms with Crippen LogP contribution >= 0.6 is 0 Å². The van der Waals surface area contributed by atoms with Crippen molar-refractivity contribution in [2.24, 2.45) is 11.8 Å². The highest BCUT2D eigenvalue weighted by molar-refractivity contribution is 4.60. The van der Waals surface area contributed by atoms with E-state index >= 15 is 0 Å². The lowest BCUT2D eigenvalue weighted by atomic mass is 10.0. The summed E-state index contributed by atoms with van der Waals surface area (Å²) in [5, 5.41) is 0. The number of nitrogens with zero attached hydrogens (tertiary/aromatic N) is 1. The van der Waals surface area contributed by atoms with Crippen molar-refractivity contribution >= 4 is 0 Å². The molecule has 0 aliphatic carbocycles. The van der Waals surface area contributed by atoms with Crippen LogP contribution in [-0.4, -0.2) is 24.5 Å². The highest BCUT2D eigenvalue weighted by Gasteiger charge is 2.05. The summed E-state index contributed by atoms with van der Waals surface area (Å²) in [7, 11) is 0. The molecule has 0 spiro atoms. The van der Waals surface area contributed by atoms with Gasteiger partial charge in [-0.1, -0.05) is 189 Å². The van der Waals surface area contributed by atoms with Crippen LogP contribution in [-0.2, 0) is 0 Å². The number of hydrogen-bond acceptors (Lipinski definition) is 1. The zero-order valence-electron chi connectivity index (χ0n) is 27.8. The maximum absolute atomic E-state index is 2.81. The summed E-state index contributed by atoms with van der Waals surface area (Å²) in [6.45, 7) is 15.8. The van der Waals surface area contributed by atoms with Gasteiger partial charge in [-0.2, -0.15) is 0 Å². The Hall–Kier alpha value is -0.0400. The molecule has 0 heterocycles. The first kappa shape index (κ1) is 38.0. The predicted octanol–water partition coefficient (Wildman–Crippen LogP) is 13.2. The van der Waals surface area contributed by atoms with Gasteiger partial charge in [-0.15, -0.1) is 0 Å². The zero-order chi connectivity index (χ0) is 27.9. The van der Waals surface area contributed by atoms with Gasteiger partial charge in [-0.05, 0) is 50.7 Å². The average molecular weight is 536 g/mol. The molecule has 0 radical (unpaired) electrons. The van der Waals surface area contributed by atoms with Gasteiger partial charge in [-0.25, -0.2) is 0 Å². The Morgan fingerprint density at radius 1 is 0.316 bits per heavy atom. The van der Waals surface area contributed by atoms with Gasteiger partial charge in [0.2, 0.25) is 0 Å². The van der Waals surface area contributed by atoms with E-state index in [-0.39, 0.29) is 0 Å². The van der Waals surface area contributed by atoms with Crippen molar-refractivity contribution in [2.75, 3.05) is 19.6 Å². The van der Waals surface area contributed by atoms with Crippen molar-refractivity contribution in [1.29, 1.82) is 0 Å². The molecule has 1 heteroatoms. The summed E-state index contributed by atoms with van der Waals surface area (Å²) in [4.78, 5) is 2.81. The minimum atomic E-state index is 0.891. The normalized spacial score (nSPS) is 12.0. The van der Waals surface area contributed by atoms with Crippen molar-refractivity contribution in [3.63, 3.8) is 0 Å². The van der Waals surface area contributed by atoms with Gasteiger partial charge >= 0.3 is 0 Å². The third-order valence-corrected chi connectivity index (χ3v) is 8.59. The van der Waals surface area contributed by atoms with Gasteiger partial charge in [0, 0.05) is 0 Å². The van der Waals surface area contributed by atoms with E-state index in [0.717, 1.165) is 11.8 Å². The first-order chi connectivity index (χ1) is 18.6. The van der Waals surface area contributed by atoms with Gasteiger partial charge in [0.1, 0.15) is 0 Å². The molecule has 230 valence electrons. The fraction of sp³-hybridized carbons (Fsp3) is 1.00. The lowest BCUT2D eigenvalue weighted by molar-refractivity contribution is 0.255. The molecule has 38 heavy (non-hydrogen) atoms. The molecule has 0 amide bonds. The molecule has 0 atom stereocenters. The van der Waals surface area contributed by atoms with E-state index in [1.165, 1.54) is 193 Å². The van der Waals surface area contributed by atoms with Crippen molar-refractivity contribution < 1.29 is 0 Å². The van der Waals surface area contributed by atoms with Gasteiger partial charge < -0.3 is 4.90 Å². The molecule has 0 aromatic heterocycles. The van der Waals surface area contributed by atoms with Crippen molar-refractivity contribution in [3.05, 3.63) is 0 Å². The molecular formula is C37H77N. The van der Waals surface area contributed by atoms with Crippen LogP contribution < -0.4 is 0 Å². The summed E-state index contributed by atoms with van der Waals surface area (Å²) in [6, 6.07) is 0. The summed E-state index contributed by atoms with van der Waals surface area (Å²) >= 11 is 0. The van der Waals surface area contributed by atoms with E-state index in [1.807, 2.05) is 0 Å². The molecular weight excluding hydrogens is 458 g/mol. The Labute approximate surface area is 244 Å². The first-order valence-electron chi connectivity index (χ1n) is 18.3. The lowest BCUT2D eigenvalue weighted by Gasteiger charge is -2.22. The van der Waals surface area contributed by atoms with Gasteiger partial charge in [0.15, 0.2) is 0 Å². The second-order valence-electron chi connectivity index (χ2n) is 13.7. The minimum Gasteiger partial charge on any atom is -0.303 e. The second-order valence-corrected chi connectivity index (χ2v) is 13.7. The quantitative estimate of drug-likeness (QED) is 0.0774. The van der Waals surface area contributed by atoms with Gasteiger partial charge in [0.05, 0.1) is 0 Å². The zero-order valence-corrected chi connectivity index (χ0v) is 27.8. The molecule has 0 rings (SSSR count). The van der Waals surface area contributed by atoms with Gasteiger partial charge in [0.25, 0.3) is 0 Å². The van der Waals surface area contributed by atoms with Crippen LogP contribution in [0, 0.1) is 11.8 Å². The highest BCUT2D eigenvalue weighted by atomic mass is 15.1. The summed E-state index contributed by atoms with van der Waals surface area (Å²) in [5.74, 6) is 1.78. The Kier molecular flexibility index (Phi) is 31.5. The van der Waals surface area contributed by atoms with Crippen molar-refractivity contribution in [1.82, 2.24) is 4.90 Å². The van der Waals surface area contributed by atoms with Crippen LogP contribution in [0.25, 0.3) is 0 Å². The number of unbranched alkanes of at least 4 members (excludes halogenated alkanes) is 22. The molecule has 0 aromatic rings. The molecule has 0 fully saturated rings. The first-order valence-corrected chi connectivity index (χ1v) is 18.3. The monoisotopic (exact) mass is 536 g/mol. The smallest absolute Gasteiger partial charge is 0.00187 e. The standard InChI is InChI=1S/C37H77N/c1-6-7-28-33-38(34-29-24-20-16-12-8-10-14-18-22-26-31-36(2)3)35-30-25-21-17-13-9-11-15-19-23-27-32-37(4)5/h36-37H,6-35H2,1-5H3. The van der Waals surface area contributed by atoms with E-state index in [9.17, 15) is 0 Å². The third-order valence-electron chi connectivity index (χ3n) is 8.59. The minimum absolute atomic E-state index is 0.891. The maximum atomic E-state index is 2.81. The molecule has 0 saturated heterocycles. The molecule has 0 aromatic carbocycles. The highest BCUT2D eigenvalue weighted by Crippen LogP contribution is 2.16. The summed E-state index contributed by atoms with van der Waals surface area (Å²) in [5.41, 5.74) is 0. The van der Waals surface area contributed by atoms with Crippen LogP contribution in [0.1, 0.15) is 208 Å². The molecule has 0 aliphatic heterocycles. The Morgan fingerprint density at radius 3 is 0.816 bits per heavy atom. The number of rotatable bonds is 32. The van der Waals surface area contributed by atoms with Crippen LogP contribution in [0.15, 0.2) is 0 Å². The summed E-state index contributed by atoms with van der Waals surface area (Å²) < 4.78 is 0. The largest absolute Gasteiger partial charge is 0.303 e. The fourth-order valence-electron chi connectivity index (χ4n) is 5.88. The van der Waals surface area contributed by atoms with E-state index in [1.54, 1.807) is 0 Å². The third kappa shape index (κ3) is 32.2. The molecule has 0 unspecified atom stereocenters. The fourth-order valence-corrected chi connectivity index (χ4v) is 5.88. The Morgan fingerprint density at radius 2 is 0.553 bits per heavy atom. The average Bonchev–Trinajstić information content (AvgIpc) is 2.88. The number of hydrogen-bond donors (Lipinski definition) is 0. The topological polar surface area (TPSA) is 3.24 Å². The maximum Gasteiger partial charge on any atom is -0.00187 e. The molecule has 0 N–H and O–H groups in total. The summed E-state index contributed by atoms with van der Waals surface area (Å²) in [6.07, 6.45) is 39.3. The molecule has 0 bridgehead atoms. The van der Waals surface area contributed by atoms with Crippen LogP contribution in [0.2, 0.25) is 0 Å². The SMILES string of the molecule is CCCCCN(CCCCCCCCCCCCCC(C)C)CCCCCCCCCCCCCC(C)C. The lowest BCUT2D eigenvalue weighted by Crippen LogP contribution is -2.27. The van der Waals surface area contributed by atoms with Gasteiger partial charge in [-0.3, -0.25) is 0 Å². The van der Waals surface area contributed by atoms with E-state index in [4.69, 9.17) is 0 Å². The second kappa shape index (κ2) is 31.5. The van der Waals surface area contributed by atoms with Crippen molar-refractivity contribution in [2.45, 2.75) is 208 Å². The van der Waals surface area contributed by atoms with Crippen LogP contribution in [0.3, 0.4) is 0 Å². The Balaban J connectivity index is 3.58. The van der Waals surface area contributed by atoms with E-state index < -0.39 is 0 Å². The van der Waals surface area contributed by atoms with E-state index in [0.29, 0.717) is 0 Å².